The fourth-order valence-electron chi connectivity index (χ4n) is 2.72. The van der Waals surface area contributed by atoms with Crippen molar-refractivity contribution in [3.63, 3.8) is 0 Å². The Labute approximate surface area is 175 Å². The number of aromatic nitrogens is 4. The SMILES string of the molecule is CC(NC(=O)COC(=O)Cn1cnc2c(cnn2C)c1=O)c1ccc(Cl)cc1Cl. The molecule has 0 radical (unpaired) electrons. The lowest BCUT2D eigenvalue weighted by atomic mass is 10.1. The number of hydrogen-bond acceptors (Lipinski definition) is 6. The van der Waals surface area contributed by atoms with Crippen molar-refractivity contribution >= 4 is 46.1 Å². The summed E-state index contributed by atoms with van der Waals surface area (Å²) in [6, 6.07) is 4.53. The molecule has 1 atom stereocenters. The van der Waals surface area contributed by atoms with Crippen molar-refractivity contribution < 1.29 is 14.3 Å². The highest BCUT2D eigenvalue weighted by Gasteiger charge is 2.16. The molecule has 0 fully saturated rings. The number of halogens is 2. The van der Waals surface area contributed by atoms with Crippen LogP contribution in [-0.2, 0) is 27.9 Å². The van der Waals surface area contributed by atoms with Crippen molar-refractivity contribution in [1.82, 2.24) is 24.6 Å². The van der Waals surface area contributed by atoms with E-state index in [1.807, 2.05) is 0 Å². The van der Waals surface area contributed by atoms with Gasteiger partial charge in [0.1, 0.15) is 18.3 Å². The zero-order valence-corrected chi connectivity index (χ0v) is 17.1. The molecule has 29 heavy (non-hydrogen) atoms. The Kier molecular flexibility index (Phi) is 6.19. The number of hydrogen-bond donors (Lipinski definition) is 1. The van der Waals surface area contributed by atoms with Crippen molar-refractivity contribution in [2.75, 3.05) is 6.61 Å². The summed E-state index contributed by atoms with van der Waals surface area (Å²) in [4.78, 5) is 40.5. The lowest BCUT2D eigenvalue weighted by Crippen LogP contribution is -2.32. The number of carbonyl (C=O) groups is 2. The minimum Gasteiger partial charge on any atom is -0.454 e. The molecular formula is C18H17Cl2N5O4. The summed E-state index contributed by atoms with van der Waals surface area (Å²) in [6.07, 6.45) is 2.61. The highest BCUT2D eigenvalue weighted by Crippen LogP contribution is 2.25. The summed E-state index contributed by atoms with van der Waals surface area (Å²) in [6.45, 7) is 0.872. The van der Waals surface area contributed by atoms with Crippen molar-refractivity contribution in [2.45, 2.75) is 19.5 Å². The van der Waals surface area contributed by atoms with Gasteiger partial charge in [-0.25, -0.2) is 4.98 Å². The van der Waals surface area contributed by atoms with Crippen LogP contribution in [0.5, 0.6) is 0 Å². The van der Waals surface area contributed by atoms with Crippen molar-refractivity contribution in [3.8, 4) is 0 Å². The van der Waals surface area contributed by atoms with Gasteiger partial charge < -0.3 is 10.1 Å². The highest BCUT2D eigenvalue weighted by molar-refractivity contribution is 6.35. The van der Waals surface area contributed by atoms with Crippen molar-refractivity contribution in [2.24, 2.45) is 7.05 Å². The second-order valence-electron chi connectivity index (χ2n) is 6.30. The van der Waals surface area contributed by atoms with E-state index in [-0.39, 0.29) is 11.9 Å². The number of ether oxygens (including phenoxy) is 1. The molecule has 0 spiro atoms. The Morgan fingerprint density at radius 3 is 2.79 bits per heavy atom. The van der Waals surface area contributed by atoms with Gasteiger partial charge in [0.15, 0.2) is 12.3 Å². The van der Waals surface area contributed by atoms with E-state index in [1.165, 1.54) is 17.2 Å². The standard InChI is InChI=1S/C18H17Cl2N5O4/c1-10(12-4-3-11(19)5-14(12)20)23-15(26)8-29-16(27)7-25-9-21-17-13(18(25)28)6-22-24(17)2/h3-6,9-10H,7-8H2,1-2H3,(H,23,26). The number of nitrogens with one attached hydrogen (secondary N) is 1. The Morgan fingerprint density at radius 2 is 2.07 bits per heavy atom. The quantitative estimate of drug-likeness (QED) is 0.589. The molecular weight excluding hydrogens is 421 g/mol. The summed E-state index contributed by atoms with van der Waals surface area (Å²) < 4.78 is 7.51. The number of esters is 1. The van der Waals surface area contributed by atoms with Crippen LogP contribution in [0.3, 0.4) is 0 Å². The van der Waals surface area contributed by atoms with Crippen molar-refractivity contribution in [3.05, 3.63) is 56.7 Å². The predicted octanol–water partition coefficient (Wildman–Crippen LogP) is 1.86. The second kappa shape index (κ2) is 8.62. The summed E-state index contributed by atoms with van der Waals surface area (Å²) in [5, 5.41) is 7.82. The molecule has 1 amide bonds. The van der Waals surface area contributed by atoms with E-state index in [0.29, 0.717) is 21.3 Å². The van der Waals surface area contributed by atoms with Gasteiger partial charge in [-0.05, 0) is 24.6 Å². The largest absolute Gasteiger partial charge is 0.454 e. The first-order chi connectivity index (χ1) is 13.8. The first-order valence-corrected chi connectivity index (χ1v) is 9.29. The molecule has 2 heterocycles. The molecule has 2 aromatic heterocycles. The van der Waals surface area contributed by atoms with Gasteiger partial charge in [-0.3, -0.25) is 23.6 Å². The summed E-state index contributed by atoms with van der Waals surface area (Å²) >= 11 is 12.0. The number of rotatable bonds is 6. The third-order valence-electron chi connectivity index (χ3n) is 4.19. The minimum absolute atomic E-state index is 0.286. The third kappa shape index (κ3) is 4.75. The fraction of sp³-hybridized carbons (Fsp3) is 0.278. The molecule has 0 aliphatic carbocycles. The number of aryl methyl sites for hydroxylation is 1. The topological polar surface area (TPSA) is 108 Å². The zero-order valence-electron chi connectivity index (χ0n) is 15.6. The molecule has 0 saturated heterocycles. The van der Waals surface area contributed by atoms with E-state index in [2.05, 4.69) is 15.4 Å². The van der Waals surface area contributed by atoms with Crippen LogP contribution in [0.1, 0.15) is 18.5 Å². The molecule has 3 aromatic rings. The summed E-state index contributed by atoms with van der Waals surface area (Å²) in [5.41, 5.74) is 0.669. The molecule has 1 unspecified atom stereocenters. The smallest absolute Gasteiger partial charge is 0.326 e. The number of carbonyl (C=O) groups excluding carboxylic acids is 2. The molecule has 1 aromatic carbocycles. The van der Waals surface area contributed by atoms with Crippen LogP contribution in [0.25, 0.3) is 11.0 Å². The maximum Gasteiger partial charge on any atom is 0.326 e. The molecule has 0 aliphatic heterocycles. The maximum atomic E-state index is 12.3. The zero-order chi connectivity index (χ0) is 21.1. The second-order valence-corrected chi connectivity index (χ2v) is 7.14. The van der Waals surface area contributed by atoms with E-state index < -0.39 is 30.1 Å². The van der Waals surface area contributed by atoms with Crippen LogP contribution < -0.4 is 10.9 Å². The minimum atomic E-state index is -0.746. The number of amides is 1. The number of fused-ring (bicyclic) bond motifs is 1. The molecule has 11 heteroatoms. The van der Waals surface area contributed by atoms with E-state index in [0.717, 1.165) is 4.57 Å². The van der Waals surface area contributed by atoms with Crippen LogP contribution in [-0.4, -0.2) is 37.8 Å². The van der Waals surface area contributed by atoms with E-state index in [4.69, 9.17) is 27.9 Å². The Hall–Kier alpha value is -2.91. The van der Waals surface area contributed by atoms with E-state index in [1.54, 1.807) is 32.2 Å². The van der Waals surface area contributed by atoms with Gasteiger partial charge in [0, 0.05) is 17.1 Å². The molecule has 152 valence electrons. The monoisotopic (exact) mass is 437 g/mol. The van der Waals surface area contributed by atoms with Gasteiger partial charge in [0.25, 0.3) is 11.5 Å². The fourth-order valence-corrected chi connectivity index (χ4v) is 3.30. The Balaban J connectivity index is 1.56. The molecule has 0 aliphatic rings. The maximum absolute atomic E-state index is 12.3. The summed E-state index contributed by atoms with van der Waals surface area (Å²) in [5.74, 6) is -1.26. The Morgan fingerprint density at radius 1 is 1.31 bits per heavy atom. The highest BCUT2D eigenvalue weighted by atomic mass is 35.5. The average Bonchev–Trinajstić information content (AvgIpc) is 3.04. The van der Waals surface area contributed by atoms with Gasteiger partial charge in [0.05, 0.1) is 12.2 Å². The van der Waals surface area contributed by atoms with Crippen LogP contribution >= 0.6 is 23.2 Å². The van der Waals surface area contributed by atoms with Gasteiger partial charge in [0.2, 0.25) is 0 Å². The van der Waals surface area contributed by atoms with Gasteiger partial charge in [-0.2, -0.15) is 5.10 Å². The van der Waals surface area contributed by atoms with E-state index >= 15 is 0 Å². The molecule has 9 nitrogen and oxygen atoms in total. The van der Waals surface area contributed by atoms with Gasteiger partial charge in [-0.15, -0.1) is 0 Å². The molecule has 0 saturated carbocycles. The third-order valence-corrected chi connectivity index (χ3v) is 4.75. The molecule has 3 rings (SSSR count). The number of nitrogens with zero attached hydrogens (tertiary/aromatic N) is 4. The van der Waals surface area contributed by atoms with Gasteiger partial charge in [-0.1, -0.05) is 29.3 Å². The lowest BCUT2D eigenvalue weighted by molar-refractivity contribution is -0.149. The summed E-state index contributed by atoms with van der Waals surface area (Å²) in [7, 11) is 1.66. The van der Waals surface area contributed by atoms with Crippen LogP contribution in [0.2, 0.25) is 10.0 Å². The van der Waals surface area contributed by atoms with Crippen LogP contribution in [0.15, 0.2) is 35.5 Å². The van der Waals surface area contributed by atoms with Crippen molar-refractivity contribution in [1.29, 1.82) is 0 Å². The van der Waals surface area contributed by atoms with Gasteiger partial charge >= 0.3 is 5.97 Å². The van der Waals surface area contributed by atoms with E-state index in [9.17, 15) is 14.4 Å². The van der Waals surface area contributed by atoms with Crippen LogP contribution in [0.4, 0.5) is 0 Å². The first-order valence-electron chi connectivity index (χ1n) is 8.53. The predicted molar refractivity (Wildman–Crippen MR) is 107 cm³/mol. The normalized spacial score (nSPS) is 12.0. The number of benzene rings is 1. The Bertz CT molecular complexity index is 1140. The molecule has 0 bridgehead atoms. The molecule has 1 N–H and O–H groups in total. The van der Waals surface area contributed by atoms with Crippen LogP contribution in [0, 0.1) is 0 Å². The average molecular weight is 438 g/mol. The first kappa shape index (κ1) is 20.8. The lowest BCUT2D eigenvalue weighted by Gasteiger charge is -2.16.